The number of hydrogen-bond donors (Lipinski definition) is 1. The van der Waals surface area contributed by atoms with Crippen molar-refractivity contribution in [2.75, 3.05) is 43.2 Å². The number of anilines is 2. The van der Waals surface area contributed by atoms with Crippen LogP contribution in [0.15, 0.2) is 53.4 Å². The summed E-state index contributed by atoms with van der Waals surface area (Å²) in [6.07, 6.45) is 1.96. The number of carbonyl (C=O) groups excluding carboxylic acids is 2. The molecule has 0 bridgehead atoms. The minimum atomic E-state index is -0.198. The van der Waals surface area contributed by atoms with Gasteiger partial charge in [-0.2, -0.15) is 0 Å². The third-order valence-corrected chi connectivity index (χ3v) is 4.99. The second kappa shape index (κ2) is 8.14. The van der Waals surface area contributed by atoms with Crippen LogP contribution < -0.4 is 15.0 Å². The van der Waals surface area contributed by atoms with Gasteiger partial charge in [-0.3, -0.25) is 9.69 Å². The first-order chi connectivity index (χ1) is 12.6. The highest BCUT2D eigenvalue weighted by Crippen LogP contribution is 2.25. The van der Waals surface area contributed by atoms with Crippen molar-refractivity contribution in [3.8, 4) is 5.75 Å². The summed E-state index contributed by atoms with van der Waals surface area (Å²) in [6.45, 7) is 1.11. The molecule has 3 amide bonds. The lowest BCUT2D eigenvalue weighted by atomic mass is 10.3. The van der Waals surface area contributed by atoms with E-state index in [1.165, 1.54) is 0 Å². The molecule has 0 unspecified atom stereocenters. The van der Waals surface area contributed by atoms with E-state index in [4.69, 9.17) is 4.74 Å². The molecule has 1 saturated heterocycles. The highest BCUT2D eigenvalue weighted by molar-refractivity contribution is 7.98. The van der Waals surface area contributed by atoms with E-state index in [9.17, 15) is 9.59 Å². The van der Waals surface area contributed by atoms with Crippen molar-refractivity contribution in [1.29, 1.82) is 0 Å². The summed E-state index contributed by atoms with van der Waals surface area (Å²) >= 11 is 1.57. The van der Waals surface area contributed by atoms with Gasteiger partial charge in [0.15, 0.2) is 0 Å². The lowest BCUT2D eigenvalue weighted by Crippen LogP contribution is -2.37. The number of thioether (sulfide) groups is 1. The molecular weight excluding hydrogens is 350 g/mol. The van der Waals surface area contributed by atoms with E-state index in [1.54, 1.807) is 28.7 Å². The van der Waals surface area contributed by atoms with Crippen LogP contribution in [-0.4, -0.2) is 49.8 Å². The van der Waals surface area contributed by atoms with E-state index in [0.717, 1.165) is 22.0 Å². The maximum Gasteiger partial charge on any atom is 0.325 e. The van der Waals surface area contributed by atoms with Crippen LogP contribution in [0.4, 0.5) is 16.2 Å². The Morgan fingerprint density at radius 1 is 1.15 bits per heavy atom. The number of urea groups is 1. The fourth-order valence-corrected chi connectivity index (χ4v) is 3.40. The molecule has 1 heterocycles. The van der Waals surface area contributed by atoms with Gasteiger partial charge in [-0.05, 0) is 42.7 Å². The van der Waals surface area contributed by atoms with Crippen LogP contribution in [-0.2, 0) is 4.79 Å². The molecule has 0 aliphatic carbocycles. The number of hydrogen-bond acceptors (Lipinski definition) is 4. The predicted octanol–water partition coefficient (Wildman–Crippen LogP) is 3.30. The van der Waals surface area contributed by atoms with E-state index in [2.05, 4.69) is 5.32 Å². The Balaban J connectivity index is 1.62. The molecule has 1 N–H and O–H groups in total. The number of carbonyl (C=O) groups is 2. The van der Waals surface area contributed by atoms with Crippen molar-refractivity contribution in [2.45, 2.75) is 4.90 Å². The summed E-state index contributed by atoms with van der Waals surface area (Å²) in [5.41, 5.74) is 1.56. The molecule has 1 aliphatic rings. The van der Waals surface area contributed by atoms with E-state index in [-0.39, 0.29) is 18.5 Å². The second-order valence-corrected chi connectivity index (χ2v) is 6.65. The number of rotatable bonds is 6. The standard InChI is InChI=1S/C19H21N3O3S/c1-25-15-9-7-14(8-10-15)22-12-11-21(19(22)24)13-18(23)20-16-5-3-4-6-17(16)26-2/h3-10H,11-13H2,1-2H3,(H,20,23). The van der Waals surface area contributed by atoms with Crippen molar-refractivity contribution >= 4 is 35.1 Å². The van der Waals surface area contributed by atoms with Crippen molar-refractivity contribution in [3.63, 3.8) is 0 Å². The molecule has 6 nitrogen and oxygen atoms in total. The van der Waals surface area contributed by atoms with Gasteiger partial charge in [0, 0.05) is 23.7 Å². The van der Waals surface area contributed by atoms with Gasteiger partial charge in [0.2, 0.25) is 5.91 Å². The fraction of sp³-hybridized carbons (Fsp3) is 0.263. The molecule has 2 aromatic rings. The Hall–Kier alpha value is -2.67. The Morgan fingerprint density at radius 2 is 1.88 bits per heavy atom. The quantitative estimate of drug-likeness (QED) is 0.792. The number of benzene rings is 2. The highest BCUT2D eigenvalue weighted by atomic mass is 32.2. The first-order valence-corrected chi connectivity index (χ1v) is 9.48. The lowest BCUT2D eigenvalue weighted by Gasteiger charge is -2.19. The van der Waals surface area contributed by atoms with E-state index in [1.807, 2.05) is 54.8 Å². The summed E-state index contributed by atoms with van der Waals surface area (Å²) in [7, 11) is 1.60. The molecule has 7 heteroatoms. The van der Waals surface area contributed by atoms with E-state index < -0.39 is 0 Å². The summed E-state index contributed by atoms with van der Waals surface area (Å²) < 4.78 is 5.14. The molecule has 26 heavy (non-hydrogen) atoms. The molecule has 136 valence electrons. The summed E-state index contributed by atoms with van der Waals surface area (Å²) in [5.74, 6) is 0.542. The van der Waals surface area contributed by atoms with E-state index >= 15 is 0 Å². The predicted molar refractivity (Wildman–Crippen MR) is 104 cm³/mol. The Kier molecular flexibility index (Phi) is 5.68. The molecule has 2 aromatic carbocycles. The zero-order valence-electron chi connectivity index (χ0n) is 14.8. The third kappa shape index (κ3) is 3.94. The van der Waals surface area contributed by atoms with Gasteiger partial charge in [-0.1, -0.05) is 12.1 Å². The van der Waals surface area contributed by atoms with Gasteiger partial charge in [-0.15, -0.1) is 11.8 Å². The average Bonchev–Trinajstić information content (AvgIpc) is 3.02. The summed E-state index contributed by atoms with van der Waals surface area (Å²) in [6, 6.07) is 14.8. The minimum Gasteiger partial charge on any atom is -0.497 e. The van der Waals surface area contributed by atoms with Crippen LogP contribution in [0.1, 0.15) is 0 Å². The Bertz CT molecular complexity index is 795. The van der Waals surface area contributed by atoms with Crippen molar-refractivity contribution in [1.82, 2.24) is 4.90 Å². The van der Waals surface area contributed by atoms with Crippen LogP contribution in [0.5, 0.6) is 5.75 Å². The molecular formula is C19H21N3O3S. The van der Waals surface area contributed by atoms with E-state index in [0.29, 0.717) is 13.1 Å². The average molecular weight is 371 g/mol. The van der Waals surface area contributed by atoms with Gasteiger partial charge >= 0.3 is 6.03 Å². The zero-order valence-corrected chi connectivity index (χ0v) is 15.6. The highest BCUT2D eigenvalue weighted by Gasteiger charge is 2.30. The second-order valence-electron chi connectivity index (χ2n) is 5.80. The van der Waals surface area contributed by atoms with Crippen LogP contribution >= 0.6 is 11.8 Å². The van der Waals surface area contributed by atoms with Gasteiger partial charge in [0.05, 0.1) is 12.8 Å². The molecule has 1 fully saturated rings. The van der Waals surface area contributed by atoms with Crippen molar-refractivity contribution in [2.24, 2.45) is 0 Å². The molecule has 0 saturated carbocycles. The first kappa shape index (κ1) is 18.1. The largest absolute Gasteiger partial charge is 0.497 e. The SMILES string of the molecule is COc1ccc(N2CCN(CC(=O)Nc3ccccc3SC)C2=O)cc1. The summed E-state index contributed by atoms with van der Waals surface area (Å²) in [5, 5.41) is 2.89. The van der Waals surface area contributed by atoms with Crippen LogP contribution in [0.3, 0.4) is 0 Å². The van der Waals surface area contributed by atoms with Crippen molar-refractivity contribution < 1.29 is 14.3 Å². The molecule has 0 radical (unpaired) electrons. The van der Waals surface area contributed by atoms with Gasteiger partial charge in [-0.25, -0.2) is 4.79 Å². The maximum absolute atomic E-state index is 12.6. The van der Waals surface area contributed by atoms with Crippen LogP contribution in [0.25, 0.3) is 0 Å². The molecule has 0 atom stereocenters. The fourth-order valence-electron chi connectivity index (χ4n) is 2.84. The van der Waals surface area contributed by atoms with Gasteiger partial charge in [0.1, 0.15) is 12.3 Å². The monoisotopic (exact) mass is 371 g/mol. The Labute approximate surface area is 157 Å². The maximum atomic E-state index is 12.6. The number of nitrogens with one attached hydrogen (secondary N) is 1. The lowest BCUT2D eigenvalue weighted by molar-refractivity contribution is -0.116. The van der Waals surface area contributed by atoms with Crippen LogP contribution in [0.2, 0.25) is 0 Å². The zero-order chi connectivity index (χ0) is 18.5. The number of amides is 3. The normalized spacial score (nSPS) is 13.8. The minimum absolute atomic E-state index is 0.0359. The van der Waals surface area contributed by atoms with Gasteiger partial charge in [0.25, 0.3) is 0 Å². The first-order valence-electron chi connectivity index (χ1n) is 8.25. The number of ether oxygens (including phenoxy) is 1. The number of methoxy groups -OCH3 is 1. The van der Waals surface area contributed by atoms with Crippen LogP contribution in [0, 0.1) is 0 Å². The molecule has 3 rings (SSSR count). The number of nitrogens with zero attached hydrogens (tertiary/aromatic N) is 2. The smallest absolute Gasteiger partial charge is 0.325 e. The third-order valence-electron chi connectivity index (χ3n) is 4.19. The summed E-state index contributed by atoms with van der Waals surface area (Å²) in [4.78, 5) is 29.2. The molecule has 0 spiro atoms. The molecule has 1 aliphatic heterocycles. The van der Waals surface area contributed by atoms with Gasteiger partial charge < -0.3 is 15.0 Å². The Morgan fingerprint density at radius 3 is 2.58 bits per heavy atom. The molecule has 0 aromatic heterocycles. The van der Waals surface area contributed by atoms with Crippen molar-refractivity contribution in [3.05, 3.63) is 48.5 Å². The topological polar surface area (TPSA) is 61.9 Å². The number of para-hydroxylation sites is 1.